The number of piperazine rings is 1. The van der Waals surface area contributed by atoms with E-state index >= 15 is 0 Å². The maximum absolute atomic E-state index is 13.2. The summed E-state index contributed by atoms with van der Waals surface area (Å²) in [6, 6.07) is 23.3. The van der Waals surface area contributed by atoms with Crippen molar-refractivity contribution in [2.75, 3.05) is 26.2 Å². The zero-order valence-corrected chi connectivity index (χ0v) is 20.3. The molecule has 0 spiro atoms. The second kappa shape index (κ2) is 9.72. The Hall–Kier alpha value is -3.97. The van der Waals surface area contributed by atoms with Crippen molar-refractivity contribution in [3.8, 4) is 10.6 Å². The van der Waals surface area contributed by atoms with E-state index in [0.717, 1.165) is 26.4 Å². The van der Waals surface area contributed by atoms with Gasteiger partial charge < -0.3 is 15.1 Å². The summed E-state index contributed by atoms with van der Waals surface area (Å²) in [5, 5.41) is 3.85. The minimum atomic E-state index is -0.167. The molecule has 35 heavy (non-hydrogen) atoms. The Bertz CT molecular complexity index is 1410. The summed E-state index contributed by atoms with van der Waals surface area (Å²) in [6.07, 6.45) is 0. The highest BCUT2D eigenvalue weighted by molar-refractivity contribution is 7.21. The average molecular weight is 483 g/mol. The number of hydrogen-bond donors (Lipinski definition) is 1. The third-order valence-electron chi connectivity index (χ3n) is 6.25. The Balaban J connectivity index is 1.21. The van der Waals surface area contributed by atoms with Gasteiger partial charge in [0, 0.05) is 42.9 Å². The topological polar surface area (TPSA) is 65.5 Å². The number of aryl methyl sites for hydroxylation is 1. The Morgan fingerprint density at radius 3 is 2.34 bits per heavy atom. The Labute approximate surface area is 208 Å². The molecule has 0 aliphatic carbocycles. The third kappa shape index (κ3) is 4.81. The normalized spacial score (nSPS) is 13.6. The predicted molar refractivity (Wildman–Crippen MR) is 140 cm³/mol. The lowest BCUT2D eigenvalue weighted by Gasteiger charge is -2.37. The Kier molecular flexibility index (Phi) is 6.33. The summed E-state index contributed by atoms with van der Waals surface area (Å²) in [4.78, 5) is 34.4. The molecule has 0 atom stereocenters. The molecule has 2 heterocycles. The van der Waals surface area contributed by atoms with Crippen LogP contribution in [0.4, 0.5) is 0 Å². The molecule has 0 saturated carbocycles. The van der Waals surface area contributed by atoms with Crippen molar-refractivity contribution in [2.45, 2.75) is 6.92 Å². The SMILES string of the molecule is C=C(NC(=O)c1ccccc1C)N1CCN(C(=O)c2ccc3nc(-c4ccccc4)sc3c2)CC1. The zero-order valence-electron chi connectivity index (χ0n) is 19.5. The molecular formula is C28H26N4O2S. The lowest BCUT2D eigenvalue weighted by atomic mass is 10.1. The lowest BCUT2D eigenvalue weighted by molar-refractivity contribution is 0.0657. The number of rotatable bonds is 5. The van der Waals surface area contributed by atoms with Crippen LogP contribution in [0.1, 0.15) is 26.3 Å². The maximum atomic E-state index is 13.2. The Morgan fingerprint density at radius 1 is 0.914 bits per heavy atom. The molecule has 3 aromatic carbocycles. The minimum Gasteiger partial charge on any atom is -0.355 e. The van der Waals surface area contributed by atoms with Crippen LogP contribution in [0.2, 0.25) is 0 Å². The van der Waals surface area contributed by atoms with E-state index in [2.05, 4.69) is 11.9 Å². The Morgan fingerprint density at radius 2 is 1.60 bits per heavy atom. The van der Waals surface area contributed by atoms with Gasteiger partial charge in [-0.25, -0.2) is 4.98 Å². The van der Waals surface area contributed by atoms with Crippen LogP contribution >= 0.6 is 11.3 Å². The standard InChI is InChI=1S/C28H26N4O2S/c1-19-8-6-7-11-23(19)26(33)29-20(2)31-14-16-32(17-15-31)28(34)22-12-13-24-25(18-22)35-27(30-24)21-9-4-3-5-10-21/h3-13,18H,2,14-17H2,1H3,(H,29,33). The number of hydrogen-bond acceptors (Lipinski definition) is 5. The molecule has 6 nitrogen and oxygen atoms in total. The number of carbonyl (C=O) groups is 2. The number of fused-ring (bicyclic) bond motifs is 1. The van der Waals surface area contributed by atoms with E-state index in [9.17, 15) is 9.59 Å². The van der Waals surface area contributed by atoms with Gasteiger partial charge in [-0.15, -0.1) is 11.3 Å². The fourth-order valence-corrected chi connectivity index (χ4v) is 5.24. The van der Waals surface area contributed by atoms with E-state index in [0.29, 0.717) is 43.1 Å². The summed E-state index contributed by atoms with van der Waals surface area (Å²) >= 11 is 1.60. The van der Waals surface area contributed by atoms with Crippen molar-refractivity contribution in [3.63, 3.8) is 0 Å². The lowest BCUT2D eigenvalue weighted by Crippen LogP contribution is -2.50. The molecule has 176 valence electrons. The second-order valence-electron chi connectivity index (χ2n) is 8.56. The first-order valence-electron chi connectivity index (χ1n) is 11.6. The van der Waals surface area contributed by atoms with Gasteiger partial charge in [-0.3, -0.25) is 9.59 Å². The predicted octanol–water partition coefficient (Wildman–Crippen LogP) is 4.93. The van der Waals surface area contributed by atoms with Crippen LogP contribution < -0.4 is 5.32 Å². The van der Waals surface area contributed by atoms with Gasteiger partial charge in [-0.2, -0.15) is 0 Å². The average Bonchev–Trinajstić information content (AvgIpc) is 3.32. The maximum Gasteiger partial charge on any atom is 0.257 e. The molecule has 1 aromatic heterocycles. The first-order chi connectivity index (χ1) is 17.0. The largest absolute Gasteiger partial charge is 0.355 e. The molecule has 4 aromatic rings. The van der Waals surface area contributed by atoms with Crippen LogP contribution in [0.5, 0.6) is 0 Å². The first-order valence-corrected chi connectivity index (χ1v) is 12.4. The van der Waals surface area contributed by atoms with Gasteiger partial charge >= 0.3 is 0 Å². The van der Waals surface area contributed by atoms with Crippen molar-refractivity contribution < 1.29 is 9.59 Å². The third-order valence-corrected chi connectivity index (χ3v) is 7.32. The fraction of sp³-hybridized carbons (Fsp3) is 0.179. The summed E-state index contributed by atoms with van der Waals surface area (Å²) in [6.45, 7) is 8.31. The van der Waals surface area contributed by atoms with Crippen LogP contribution in [0, 0.1) is 6.92 Å². The zero-order chi connectivity index (χ0) is 24.4. The number of thiazole rings is 1. The minimum absolute atomic E-state index is 0.00997. The van der Waals surface area contributed by atoms with Crippen molar-refractivity contribution >= 4 is 33.4 Å². The van der Waals surface area contributed by atoms with Gasteiger partial charge in [-0.05, 0) is 36.8 Å². The van der Waals surface area contributed by atoms with Gasteiger partial charge in [0.15, 0.2) is 0 Å². The second-order valence-corrected chi connectivity index (χ2v) is 9.59. The van der Waals surface area contributed by atoms with Gasteiger partial charge in [0.25, 0.3) is 11.8 Å². The quantitative estimate of drug-likeness (QED) is 0.438. The van der Waals surface area contributed by atoms with Gasteiger partial charge in [-0.1, -0.05) is 55.1 Å². The molecular weight excluding hydrogens is 456 g/mol. The van der Waals surface area contributed by atoms with Gasteiger partial charge in [0.05, 0.1) is 10.2 Å². The number of nitrogens with one attached hydrogen (secondary N) is 1. The van der Waals surface area contributed by atoms with Crippen LogP contribution in [-0.4, -0.2) is 52.8 Å². The smallest absolute Gasteiger partial charge is 0.257 e. The van der Waals surface area contributed by atoms with Gasteiger partial charge in [0.2, 0.25) is 0 Å². The summed E-state index contributed by atoms with van der Waals surface area (Å²) in [7, 11) is 0. The van der Waals surface area contributed by atoms with Crippen molar-refractivity contribution in [1.82, 2.24) is 20.1 Å². The van der Waals surface area contributed by atoms with E-state index in [1.807, 2.05) is 83.5 Å². The highest BCUT2D eigenvalue weighted by atomic mass is 32.1. The molecule has 0 bridgehead atoms. The van der Waals surface area contributed by atoms with Crippen molar-refractivity contribution in [3.05, 3.63) is 102 Å². The van der Waals surface area contributed by atoms with Crippen LogP contribution in [-0.2, 0) is 0 Å². The van der Waals surface area contributed by atoms with Crippen molar-refractivity contribution in [2.24, 2.45) is 0 Å². The molecule has 1 N–H and O–H groups in total. The molecule has 7 heteroatoms. The number of benzene rings is 3. The molecule has 1 fully saturated rings. The van der Waals surface area contributed by atoms with E-state index in [1.165, 1.54) is 0 Å². The van der Waals surface area contributed by atoms with E-state index in [4.69, 9.17) is 4.98 Å². The first kappa shape index (κ1) is 22.8. The van der Waals surface area contributed by atoms with E-state index in [1.54, 1.807) is 17.4 Å². The van der Waals surface area contributed by atoms with Crippen LogP contribution in [0.25, 0.3) is 20.8 Å². The molecule has 1 aliphatic rings. The molecule has 5 rings (SSSR count). The van der Waals surface area contributed by atoms with Crippen LogP contribution in [0.15, 0.2) is 85.2 Å². The molecule has 1 aliphatic heterocycles. The highest BCUT2D eigenvalue weighted by Gasteiger charge is 2.24. The monoisotopic (exact) mass is 482 g/mol. The van der Waals surface area contributed by atoms with Gasteiger partial charge in [0.1, 0.15) is 10.8 Å². The molecule has 1 saturated heterocycles. The summed E-state index contributed by atoms with van der Waals surface area (Å²) in [5.74, 6) is 0.403. The molecule has 2 amide bonds. The van der Waals surface area contributed by atoms with E-state index in [-0.39, 0.29) is 11.8 Å². The number of aromatic nitrogens is 1. The highest BCUT2D eigenvalue weighted by Crippen LogP contribution is 2.31. The molecule has 0 unspecified atom stereocenters. The summed E-state index contributed by atoms with van der Waals surface area (Å²) in [5.41, 5.74) is 4.20. The summed E-state index contributed by atoms with van der Waals surface area (Å²) < 4.78 is 1.00. The fourth-order valence-electron chi connectivity index (χ4n) is 4.23. The molecule has 0 radical (unpaired) electrons. The van der Waals surface area contributed by atoms with Crippen molar-refractivity contribution in [1.29, 1.82) is 0 Å². The number of amides is 2. The number of nitrogens with zero attached hydrogens (tertiary/aromatic N) is 3. The van der Waals surface area contributed by atoms with Crippen LogP contribution in [0.3, 0.4) is 0 Å². The van der Waals surface area contributed by atoms with E-state index < -0.39 is 0 Å². The number of carbonyl (C=O) groups excluding carboxylic acids is 2.